The van der Waals surface area contributed by atoms with Crippen LogP contribution in [0.3, 0.4) is 0 Å². The molecule has 3 nitrogen and oxygen atoms in total. The number of hydrogen-bond donors (Lipinski definition) is 0. The molecule has 0 N–H and O–H groups in total. The van der Waals surface area contributed by atoms with Crippen molar-refractivity contribution in [2.24, 2.45) is 11.8 Å². The first-order chi connectivity index (χ1) is 5.66. The second kappa shape index (κ2) is 2.57. The molecule has 66 valence electrons. The topological polar surface area (TPSA) is 37.4 Å². The van der Waals surface area contributed by atoms with Crippen molar-refractivity contribution in [2.75, 3.05) is 13.1 Å². The molecule has 0 spiro atoms. The van der Waals surface area contributed by atoms with Crippen LogP contribution in [0.15, 0.2) is 0 Å². The summed E-state index contributed by atoms with van der Waals surface area (Å²) in [5.41, 5.74) is 0. The van der Waals surface area contributed by atoms with Crippen LogP contribution >= 0.6 is 0 Å². The van der Waals surface area contributed by atoms with E-state index in [-0.39, 0.29) is 17.6 Å². The molecule has 3 aliphatic rings. The van der Waals surface area contributed by atoms with E-state index in [0.717, 1.165) is 19.4 Å². The van der Waals surface area contributed by atoms with Gasteiger partial charge < -0.3 is 4.90 Å². The van der Waals surface area contributed by atoms with Gasteiger partial charge in [0.1, 0.15) is 5.78 Å². The van der Waals surface area contributed by atoms with E-state index < -0.39 is 0 Å². The minimum atomic E-state index is 0.0876. The second-order valence-corrected chi connectivity index (χ2v) is 3.96. The van der Waals surface area contributed by atoms with Gasteiger partial charge >= 0.3 is 0 Å². The third-order valence-electron chi connectivity index (χ3n) is 2.79. The fourth-order valence-electron chi connectivity index (χ4n) is 2.16. The van der Waals surface area contributed by atoms with Crippen LogP contribution in [0.25, 0.3) is 0 Å². The molecular weight excluding hydrogens is 154 g/mol. The normalized spacial score (nSPS) is 33.1. The van der Waals surface area contributed by atoms with Gasteiger partial charge in [-0.05, 0) is 25.7 Å². The standard InChI is InChI=1S/C9H13NO2/c1-6(11)4-10-5-7-2-8(3-7)9(10)12/h7-8H,2-5H2,1H3. The number of nitrogens with zero attached hydrogens (tertiary/aromatic N) is 1. The van der Waals surface area contributed by atoms with Crippen molar-refractivity contribution >= 4 is 11.7 Å². The molecule has 3 rings (SSSR count). The maximum atomic E-state index is 11.5. The van der Waals surface area contributed by atoms with Crippen LogP contribution < -0.4 is 0 Å². The van der Waals surface area contributed by atoms with Gasteiger partial charge in [-0.25, -0.2) is 0 Å². The van der Waals surface area contributed by atoms with Crippen molar-refractivity contribution < 1.29 is 9.59 Å². The molecule has 0 unspecified atom stereocenters. The van der Waals surface area contributed by atoms with Gasteiger partial charge in [-0.15, -0.1) is 0 Å². The predicted octanol–water partition coefficient (Wildman–Crippen LogP) is 0.444. The van der Waals surface area contributed by atoms with E-state index in [0.29, 0.717) is 12.5 Å². The first-order valence-corrected chi connectivity index (χ1v) is 4.45. The Kier molecular flexibility index (Phi) is 1.67. The summed E-state index contributed by atoms with van der Waals surface area (Å²) in [7, 11) is 0. The highest BCUT2D eigenvalue weighted by Gasteiger charge is 2.43. The Hall–Kier alpha value is -0.860. The van der Waals surface area contributed by atoms with Gasteiger partial charge in [0.25, 0.3) is 0 Å². The number of Topliss-reactive ketones (excluding diaryl/α,β-unsaturated/α-hetero) is 1. The van der Waals surface area contributed by atoms with Crippen LogP contribution in [-0.2, 0) is 9.59 Å². The third-order valence-corrected chi connectivity index (χ3v) is 2.79. The summed E-state index contributed by atoms with van der Waals surface area (Å²) in [5, 5.41) is 0. The van der Waals surface area contributed by atoms with Gasteiger partial charge in [0.05, 0.1) is 6.54 Å². The van der Waals surface area contributed by atoms with E-state index in [9.17, 15) is 9.59 Å². The fourth-order valence-corrected chi connectivity index (χ4v) is 2.16. The van der Waals surface area contributed by atoms with Crippen molar-refractivity contribution in [1.82, 2.24) is 4.90 Å². The Balaban J connectivity index is 1.98. The molecule has 2 heterocycles. The molecule has 0 aromatic carbocycles. The average Bonchev–Trinajstić information content (AvgIpc) is 1.89. The minimum absolute atomic E-state index is 0.0876. The van der Waals surface area contributed by atoms with Gasteiger partial charge in [-0.3, -0.25) is 9.59 Å². The fraction of sp³-hybridized carbons (Fsp3) is 0.778. The van der Waals surface area contributed by atoms with E-state index in [4.69, 9.17) is 0 Å². The lowest BCUT2D eigenvalue weighted by molar-refractivity contribution is -0.151. The molecule has 0 atom stereocenters. The van der Waals surface area contributed by atoms with Crippen molar-refractivity contribution in [3.63, 3.8) is 0 Å². The summed E-state index contributed by atoms with van der Waals surface area (Å²) in [6.45, 7) is 2.67. The van der Waals surface area contributed by atoms with Crippen molar-refractivity contribution in [2.45, 2.75) is 19.8 Å². The zero-order valence-electron chi connectivity index (χ0n) is 7.25. The summed E-state index contributed by atoms with van der Waals surface area (Å²) < 4.78 is 0. The zero-order chi connectivity index (χ0) is 8.72. The van der Waals surface area contributed by atoms with Crippen LogP contribution in [0.5, 0.6) is 0 Å². The summed E-state index contributed by atoms with van der Waals surface area (Å²) in [4.78, 5) is 24.0. The monoisotopic (exact) mass is 167 g/mol. The number of fused-ring (bicyclic) bond motifs is 2. The molecule has 0 radical (unpaired) electrons. The van der Waals surface area contributed by atoms with Gasteiger partial charge in [-0.1, -0.05) is 0 Å². The third kappa shape index (κ3) is 1.13. The number of carbonyl (C=O) groups is 2. The lowest BCUT2D eigenvalue weighted by Crippen LogP contribution is -2.53. The lowest BCUT2D eigenvalue weighted by Gasteiger charge is -2.45. The number of hydrogen-bond acceptors (Lipinski definition) is 2. The lowest BCUT2D eigenvalue weighted by atomic mass is 9.70. The Bertz CT molecular complexity index is 231. The summed E-state index contributed by atoms with van der Waals surface area (Å²) >= 11 is 0. The number of carbonyl (C=O) groups excluding carboxylic acids is 2. The largest absolute Gasteiger partial charge is 0.335 e. The highest BCUT2D eigenvalue weighted by Crippen LogP contribution is 2.40. The molecule has 0 aromatic rings. The van der Waals surface area contributed by atoms with Crippen molar-refractivity contribution in [1.29, 1.82) is 0 Å². The van der Waals surface area contributed by atoms with Crippen LogP contribution in [0.4, 0.5) is 0 Å². The molecule has 3 heteroatoms. The summed E-state index contributed by atoms with van der Waals surface area (Å²) in [6, 6.07) is 0. The first kappa shape index (κ1) is 7.77. The van der Waals surface area contributed by atoms with Crippen LogP contribution in [-0.4, -0.2) is 29.7 Å². The van der Waals surface area contributed by atoms with Gasteiger partial charge in [-0.2, -0.15) is 0 Å². The average molecular weight is 167 g/mol. The second-order valence-electron chi connectivity index (χ2n) is 3.96. The van der Waals surface area contributed by atoms with Crippen molar-refractivity contribution in [3.05, 3.63) is 0 Å². The number of rotatable bonds is 2. The molecule has 0 aromatic heterocycles. The summed E-state index contributed by atoms with van der Waals surface area (Å²) in [5.74, 6) is 1.23. The molecule has 3 fully saturated rings. The van der Waals surface area contributed by atoms with Gasteiger partial charge in [0.15, 0.2) is 0 Å². The van der Waals surface area contributed by atoms with E-state index in [1.807, 2.05) is 0 Å². The predicted molar refractivity (Wildman–Crippen MR) is 43.5 cm³/mol. The van der Waals surface area contributed by atoms with Crippen LogP contribution in [0, 0.1) is 11.8 Å². The molecular formula is C9H13NO2. The molecule has 2 bridgehead atoms. The number of ketones is 1. The van der Waals surface area contributed by atoms with E-state index in [1.165, 1.54) is 6.92 Å². The summed E-state index contributed by atoms with van der Waals surface area (Å²) in [6.07, 6.45) is 2.13. The number of amides is 1. The Morgan fingerprint density at radius 1 is 1.58 bits per heavy atom. The van der Waals surface area contributed by atoms with E-state index >= 15 is 0 Å². The number of piperidine rings is 2. The highest BCUT2D eigenvalue weighted by molar-refractivity contribution is 5.87. The molecule has 1 amide bonds. The zero-order valence-corrected chi connectivity index (χ0v) is 7.25. The van der Waals surface area contributed by atoms with Crippen molar-refractivity contribution in [3.8, 4) is 0 Å². The molecule has 12 heavy (non-hydrogen) atoms. The molecule has 2 aliphatic heterocycles. The van der Waals surface area contributed by atoms with Gasteiger partial charge in [0, 0.05) is 12.5 Å². The Morgan fingerprint density at radius 2 is 2.25 bits per heavy atom. The quantitative estimate of drug-likeness (QED) is 0.598. The highest BCUT2D eigenvalue weighted by atomic mass is 16.2. The molecule has 1 aliphatic carbocycles. The molecule has 2 saturated heterocycles. The first-order valence-electron chi connectivity index (χ1n) is 4.45. The maximum absolute atomic E-state index is 11.5. The van der Waals surface area contributed by atoms with Crippen LogP contribution in [0.2, 0.25) is 0 Å². The Labute approximate surface area is 71.7 Å². The molecule has 1 saturated carbocycles. The van der Waals surface area contributed by atoms with E-state index in [2.05, 4.69) is 0 Å². The minimum Gasteiger partial charge on any atom is -0.335 e. The van der Waals surface area contributed by atoms with E-state index in [1.54, 1.807) is 4.90 Å². The smallest absolute Gasteiger partial charge is 0.226 e. The van der Waals surface area contributed by atoms with Gasteiger partial charge in [0.2, 0.25) is 5.91 Å². The Morgan fingerprint density at radius 3 is 2.75 bits per heavy atom. The van der Waals surface area contributed by atoms with Crippen LogP contribution in [0.1, 0.15) is 19.8 Å². The maximum Gasteiger partial charge on any atom is 0.226 e. The SMILES string of the molecule is CC(=O)CN1CC2CC(C2)C1=O.